The second kappa shape index (κ2) is 10.3. The molecule has 1 fully saturated rings. The van der Waals surface area contributed by atoms with Crippen molar-refractivity contribution in [2.75, 3.05) is 33.3 Å². The first-order chi connectivity index (χ1) is 16.8. The fourth-order valence-corrected chi connectivity index (χ4v) is 3.72. The van der Waals surface area contributed by atoms with Crippen molar-refractivity contribution in [2.45, 2.75) is 13.2 Å². The molecule has 1 aliphatic heterocycles. The van der Waals surface area contributed by atoms with Crippen LogP contribution in [0.5, 0.6) is 11.5 Å². The number of benzene rings is 2. The van der Waals surface area contributed by atoms with Gasteiger partial charge in [0.1, 0.15) is 18.1 Å². The van der Waals surface area contributed by atoms with Gasteiger partial charge in [-0.05, 0) is 29.8 Å². The van der Waals surface area contributed by atoms with E-state index >= 15 is 0 Å². The Bertz CT molecular complexity index is 1200. The molecule has 2 aromatic carbocycles. The van der Waals surface area contributed by atoms with Gasteiger partial charge >= 0.3 is 0 Å². The lowest BCUT2D eigenvalue weighted by Crippen LogP contribution is -2.48. The first-order valence-corrected chi connectivity index (χ1v) is 10.7. The Labute approximate surface area is 197 Å². The van der Waals surface area contributed by atoms with Crippen LogP contribution in [0.4, 0.5) is 22.0 Å². The summed E-state index contributed by atoms with van der Waals surface area (Å²) >= 11 is 0. The Morgan fingerprint density at radius 2 is 1.57 bits per heavy atom. The van der Waals surface area contributed by atoms with Crippen LogP contribution in [0.3, 0.4) is 0 Å². The number of furan rings is 1. The van der Waals surface area contributed by atoms with Crippen molar-refractivity contribution in [3.05, 3.63) is 82.6 Å². The molecule has 4 rings (SSSR count). The topological polar surface area (TPSA) is 55.2 Å². The first kappa shape index (κ1) is 24.5. The molecule has 0 radical (unpaired) electrons. The van der Waals surface area contributed by atoms with Gasteiger partial charge in [-0.25, -0.2) is 13.2 Å². The number of piperazine rings is 1. The van der Waals surface area contributed by atoms with Gasteiger partial charge in [-0.1, -0.05) is 12.1 Å². The smallest absolute Gasteiger partial charge is 0.289 e. The molecule has 0 aliphatic carbocycles. The highest BCUT2D eigenvalue weighted by molar-refractivity contribution is 5.91. The van der Waals surface area contributed by atoms with E-state index in [4.69, 9.17) is 13.9 Å². The quantitative estimate of drug-likeness (QED) is 0.274. The van der Waals surface area contributed by atoms with Gasteiger partial charge < -0.3 is 18.8 Å². The standard InChI is InChI=1S/C24H21F5N2O4/c1-33-15-4-2-3-14(11-15)12-30-7-9-31(10-8-30)24(32)17-6-5-16(35-17)13-34-23-21(28)19(26)18(25)20(27)22(23)29/h2-6,11H,7-10,12-13H2,1H3. The monoisotopic (exact) mass is 496 g/mol. The largest absolute Gasteiger partial charge is 0.497 e. The zero-order valence-electron chi connectivity index (χ0n) is 18.6. The normalized spacial score (nSPS) is 14.3. The van der Waals surface area contributed by atoms with Crippen molar-refractivity contribution in [3.8, 4) is 11.5 Å². The minimum atomic E-state index is -2.28. The minimum absolute atomic E-state index is 0.0195. The van der Waals surface area contributed by atoms with Gasteiger partial charge in [0.05, 0.1) is 7.11 Å². The molecule has 0 saturated carbocycles. The van der Waals surface area contributed by atoms with Crippen molar-refractivity contribution in [3.63, 3.8) is 0 Å². The van der Waals surface area contributed by atoms with Crippen LogP contribution in [0.1, 0.15) is 21.9 Å². The van der Waals surface area contributed by atoms with Crippen molar-refractivity contribution in [1.29, 1.82) is 0 Å². The summed E-state index contributed by atoms with van der Waals surface area (Å²) in [7, 11) is 1.61. The second-order valence-electron chi connectivity index (χ2n) is 7.87. The summed E-state index contributed by atoms with van der Waals surface area (Å²) in [6, 6.07) is 10.4. The molecule has 11 heteroatoms. The summed E-state index contributed by atoms with van der Waals surface area (Å²) in [4.78, 5) is 16.6. The molecule has 1 aliphatic rings. The fraction of sp³-hybridized carbons (Fsp3) is 0.292. The fourth-order valence-electron chi connectivity index (χ4n) is 3.72. The van der Waals surface area contributed by atoms with Gasteiger partial charge in [0.25, 0.3) is 5.91 Å². The first-order valence-electron chi connectivity index (χ1n) is 10.7. The van der Waals surface area contributed by atoms with Crippen LogP contribution < -0.4 is 9.47 Å². The van der Waals surface area contributed by atoms with E-state index < -0.39 is 41.4 Å². The van der Waals surface area contributed by atoms with Gasteiger partial charge in [0.2, 0.25) is 29.1 Å². The summed E-state index contributed by atoms with van der Waals surface area (Å²) in [5.41, 5.74) is 1.09. The van der Waals surface area contributed by atoms with Gasteiger partial charge in [0, 0.05) is 32.7 Å². The molecule has 0 atom stereocenters. The molecule has 2 heterocycles. The predicted molar refractivity (Wildman–Crippen MR) is 113 cm³/mol. The third-order valence-electron chi connectivity index (χ3n) is 5.60. The number of carbonyl (C=O) groups is 1. The van der Waals surface area contributed by atoms with Crippen LogP contribution in [-0.2, 0) is 13.2 Å². The van der Waals surface area contributed by atoms with Crippen molar-refractivity contribution in [2.24, 2.45) is 0 Å². The molecule has 3 aromatic rings. The second-order valence-corrected chi connectivity index (χ2v) is 7.87. The lowest BCUT2D eigenvalue weighted by molar-refractivity contribution is 0.0594. The number of halogens is 5. The third kappa shape index (κ3) is 5.24. The highest BCUT2D eigenvalue weighted by Crippen LogP contribution is 2.30. The highest BCUT2D eigenvalue weighted by atomic mass is 19.2. The van der Waals surface area contributed by atoms with E-state index in [1.54, 1.807) is 12.0 Å². The van der Waals surface area contributed by atoms with Gasteiger partial charge in [-0.3, -0.25) is 9.69 Å². The molecular formula is C24H21F5N2O4. The van der Waals surface area contributed by atoms with E-state index in [1.165, 1.54) is 12.1 Å². The van der Waals surface area contributed by atoms with Crippen LogP contribution in [0.25, 0.3) is 0 Å². The minimum Gasteiger partial charge on any atom is -0.497 e. The van der Waals surface area contributed by atoms with E-state index in [-0.39, 0.29) is 17.4 Å². The maximum atomic E-state index is 13.7. The van der Waals surface area contributed by atoms with Gasteiger partial charge in [0.15, 0.2) is 11.5 Å². The van der Waals surface area contributed by atoms with Gasteiger partial charge in [-0.2, -0.15) is 8.78 Å². The summed E-state index contributed by atoms with van der Waals surface area (Å²) in [6.07, 6.45) is 0. The number of amides is 1. The molecule has 0 spiro atoms. The average Bonchev–Trinajstić information content (AvgIpc) is 3.35. The maximum Gasteiger partial charge on any atom is 0.289 e. The lowest BCUT2D eigenvalue weighted by atomic mass is 10.2. The molecule has 0 N–H and O–H groups in total. The number of hydrogen-bond donors (Lipinski definition) is 0. The predicted octanol–water partition coefficient (Wildman–Crippen LogP) is 4.52. The number of hydrogen-bond acceptors (Lipinski definition) is 5. The number of carbonyl (C=O) groups excluding carboxylic acids is 1. The van der Waals surface area contributed by atoms with Crippen LogP contribution in [0, 0.1) is 29.1 Å². The van der Waals surface area contributed by atoms with Crippen LogP contribution in [0.2, 0.25) is 0 Å². The molecule has 1 saturated heterocycles. The molecule has 1 amide bonds. The highest BCUT2D eigenvalue weighted by Gasteiger charge is 2.28. The molecule has 0 unspecified atom stereocenters. The maximum absolute atomic E-state index is 13.7. The Balaban J connectivity index is 1.33. The third-order valence-corrected chi connectivity index (χ3v) is 5.60. The molecule has 1 aromatic heterocycles. The Morgan fingerprint density at radius 1 is 0.914 bits per heavy atom. The zero-order valence-corrected chi connectivity index (χ0v) is 18.6. The summed E-state index contributed by atoms with van der Waals surface area (Å²) in [5, 5.41) is 0. The average molecular weight is 496 g/mol. The number of ether oxygens (including phenoxy) is 2. The molecule has 0 bridgehead atoms. The van der Waals surface area contributed by atoms with E-state index in [2.05, 4.69) is 4.90 Å². The van der Waals surface area contributed by atoms with Crippen LogP contribution in [0.15, 0.2) is 40.8 Å². The Kier molecular flexibility index (Phi) is 7.25. The van der Waals surface area contributed by atoms with E-state index in [9.17, 15) is 26.7 Å². The number of rotatable bonds is 7. The molecule has 35 heavy (non-hydrogen) atoms. The van der Waals surface area contributed by atoms with E-state index in [0.29, 0.717) is 32.7 Å². The summed E-state index contributed by atoms with van der Waals surface area (Å²) < 4.78 is 82.6. The van der Waals surface area contributed by atoms with E-state index in [0.717, 1.165) is 11.3 Å². The zero-order chi connectivity index (χ0) is 25.1. The summed E-state index contributed by atoms with van der Waals surface area (Å²) in [5.74, 6) is -11.7. The SMILES string of the molecule is COc1cccc(CN2CCN(C(=O)c3ccc(COc4c(F)c(F)c(F)c(F)c4F)o3)CC2)c1. The van der Waals surface area contributed by atoms with E-state index in [1.807, 2.05) is 24.3 Å². The molecule has 6 nitrogen and oxygen atoms in total. The number of methoxy groups -OCH3 is 1. The lowest BCUT2D eigenvalue weighted by Gasteiger charge is -2.34. The number of nitrogens with zero attached hydrogens (tertiary/aromatic N) is 2. The van der Waals surface area contributed by atoms with Crippen LogP contribution >= 0.6 is 0 Å². The van der Waals surface area contributed by atoms with Crippen molar-refractivity contribution in [1.82, 2.24) is 9.80 Å². The van der Waals surface area contributed by atoms with Crippen LogP contribution in [-0.4, -0.2) is 49.0 Å². The summed E-state index contributed by atoms with van der Waals surface area (Å²) in [6.45, 7) is 2.26. The van der Waals surface area contributed by atoms with Crippen molar-refractivity contribution >= 4 is 5.91 Å². The molecule has 186 valence electrons. The van der Waals surface area contributed by atoms with Gasteiger partial charge in [-0.15, -0.1) is 0 Å². The Morgan fingerprint density at radius 3 is 2.23 bits per heavy atom. The Hall–Kier alpha value is -3.60. The van der Waals surface area contributed by atoms with Crippen molar-refractivity contribution < 1.29 is 40.6 Å². The molecular weight excluding hydrogens is 475 g/mol.